The first kappa shape index (κ1) is 19.3. The molecule has 3 N–H and O–H groups in total. The molecule has 1 aliphatic carbocycles. The monoisotopic (exact) mass is 348 g/mol. The minimum atomic E-state index is -0.569. The predicted molar refractivity (Wildman–Crippen MR) is 95.0 cm³/mol. The first-order chi connectivity index (χ1) is 12.0. The molecule has 1 amide bonds. The molecule has 0 bridgehead atoms. The molecule has 1 aliphatic rings. The van der Waals surface area contributed by atoms with Crippen molar-refractivity contribution in [1.82, 2.24) is 14.9 Å². The molecule has 0 aliphatic heterocycles. The quantitative estimate of drug-likeness (QED) is 0.646. The Bertz CT molecular complexity index is 650. The van der Waals surface area contributed by atoms with Gasteiger partial charge in [0.25, 0.3) is 5.56 Å². The van der Waals surface area contributed by atoms with Gasteiger partial charge in [-0.1, -0.05) is 12.8 Å². The summed E-state index contributed by atoms with van der Waals surface area (Å²) in [5, 5.41) is 2.91. The molecule has 1 heterocycles. The van der Waals surface area contributed by atoms with Crippen molar-refractivity contribution >= 4 is 11.7 Å². The molecule has 1 saturated carbocycles. The van der Waals surface area contributed by atoms with Crippen LogP contribution < -0.4 is 16.6 Å². The fourth-order valence-electron chi connectivity index (χ4n) is 3.24. The van der Waals surface area contributed by atoms with E-state index in [2.05, 4.69) is 10.3 Å². The minimum absolute atomic E-state index is 0.00991. The number of amides is 1. The molecule has 2 rings (SSSR count). The van der Waals surface area contributed by atoms with E-state index in [9.17, 15) is 14.4 Å². The lowest BCUT2D eigenvalue weighted by Gasteiger charge is -2.20. The van der Waals surface area contributed by atoms with Crippen molar-refractivity contribution in [3.05, 3.63) is 28.4 Å². The van der Waals surface area contributed by atoms with E-state index in [4.69, 9.17) is 5.73 Å². The molecule has 1 aromatic heterocycles. The van der Waals surface area contributed by atoms with E-state index in [1.807, 2.05) is 0 Å². The first-order valence-corrected chi connectivity index (χ1v) is 9.08. The average Bonchev–Trinajstić information content (AvgIpc) is 3.13. The zero-order valence-corrected chi connectivity index (χ0v) is 14.9. The van der Waals surface area contributed by atoms with Crippen LogP contribution in [0, 0.1) is 12.8 Å². The number of Topliss-reactive ketones (excluding diaryl/α,β-unsaturated/α-hetero) is 1. The van der Waals surface area contributed by atoms with Gasteiger partial charge < -0.3 is 15.6 Å². The van der Waals surface area contributed by atoms with E-state index in [1.54, 1.807) is 6.92 Å². The number of rotatable bonds is 9. The number of nitrogens with two attached hydrogens (primary N) is 1. The standard InChI is InChI=1S/C18H28N4O3/c1-13-18(25)22(11-10-20-13)12-16(23)15(8-4-5-9-19)21-17(24)14-6-2-3-7-14/h10-11,14-15H,2-9,12,19H2,1H3,(H,21,24). The highest BCUT2D eigenvalue weighted by atomic mass is 16.2. The van der Waals surface area contributed by atoms with Crippen molar-refractivity contribution in [2.75, 3.05) is 6.54 Å². The van der Waals surface area contributed by atoms with Crippen LogP contribution in [0.25, 0.3) is 0 Å². The van der Waals surface area contributed by atoms with Gasteiger partial charge in [-0.05, 0) is 45.6 Å². The van der Waals surface area contributed by atoms with Crippen LogP contribution in [0.15, 0.2) is 17.2 Å². The second-order valence-electron chi connectivity index (χ2n) is 6.74. The summed E-state index contributed by atoms with van der Waals surface area (Å²) in [5.74, 6) is -0.186. The number of aryl methyl sites for hydroxylation is 1. The van der Waals surface area contributed by atoms with Gasteiger partial charge in [-0.25, -0.2) is 0 Å². The van der Waals surface area contributed by atoms with Gasteiger partial charge in [0.05, 0.1) is 12.6 Å². The zero-order chi connectivity index (χ0) is 18.2. The second kappa shape index (κ2) is 9.46. The summed E-state index contributed by atoms with van der Waals surface area (Å²) >= 11 is 0. The maximum Gasteiger partial charge on any atom is 0.272 e. The number of carbonyl (C=O) groups excluding carboxylic acids is 2. The van der Waals surface area contributed by atoms with E-state index in [0.29, 0.717) is 18.7 Å². The van der Waals surface area contributed by atoms with Crippen LogP contribution in [-0.4, -0.2) is 33.8 Å². The number of aromatic nitrogens is 2. The van der Waals surface area contributed by atoms with Gasteiger partial charge in [-0.2, -0.15) is 0 Å². The van der Waals surface area contributed by atoms with E-state index in [1.165, 1.54) is 17.0 Å². The SMILES string of the molecule is Cc1nccn(CC(=O)C(CCCCN)NC(=O)C2CCCC2)c1=O. The van der Waals surface area contributed by atoms with Gasteiger partial charge in [-0.3, -0.25) is 19.4 Å². The van der Waals surface area contributed by atoms with Gasteiger partial charge in [0, 0.05) is 18.3 Å². The number of unbranched alkanes of at least 4 members (excludes halogenated alkanes) is 1. The largest absolute Gasteiger partial charge is 0.346 e. The molecule has 1 atom stereocenters. The second-order valence-corrected chi connectivity index (χ2v) is 6.74. The highest BCUT2D eigenvalue weighted by molar-refractivity contribution is 5.89. The molecule has 7 heteroatoms. The summed E-state index contributed by atoms with van der Waals surface area (Å²) < 4.78 is 1.35. The highest BCUT2D eigenvalue weighted by Crippen LogP contribution is 2.25. The fourth-order valence-corrected chi connectivity index (χ4v) is 3.24. The van der Waals surface area contributed by atoms with Crippen molar-refractivity contribution < 1.29 is 9.59 Å². The Balaban J connectivity index is 2.04. The lowest BCUT2D eigenvalue weighted by atomic mass is 10.0. The Morgan fingerprint density at radius 3 is 2.76 bits per heavy atom. The van der Waals surface area contributed by atoms with Crippen LogP contribution in [0.1, 0.15) is 50.6 Å². The van der Waals surface area contributed by atoms with Gasteiger partial charge in [-0.15, -0.1) is 0 Å². The smallest absolute Gasteiger partial charge is 0.272 e. The Labute approximate surface area is 148 Å². The maximum atomic E-state index is 12.7. The molecule has 1 fully saturated rings. The molecule has 0 saturated heterocycles. The molecule has 0 spiro atoms. The summed E-state index contributed by atoms with van der Waals surface area (Å²) in [7, 11) is 0. The number of hydrogen-bond acceptors (Lipinski definition) is 5. The fraction of sp³-hybridized carbons (Fsp3) is 0.667. The summed E-state index contributed by atoms with van der Waals surface area (Å²) in [4.78, 5) is 41.1. The topological polar surface area (TPSA) is 107 Å². The van der Waals surface area contributed by atoms with Crippen molar-refractivity contribution in [1.29, 1.82) is 0 Å². The maximum absolute atomic E-state index is 12.7. The van der Waals surface area contributed by atoms with Crippen LogP contribution in [0.5, 0.6) is 0 Å². The number of hydrogen-bond donors (Lipinski definition) is 2. The number of nitrogens with zero attached hydrogens (tertiary/aromatic N) is 2. The normalized spacial score (nSPS) is 15.9. The van der Waals surface area contributed by atoms with Crippen molar-refractivity contribution in [2.45, 2.75) is 64.5 Å². The number of nitrogens with one attached hydrogen (secondary N) is 1. The van der Waals surface area contributed by atoms with Crippen LogP contribution in [0.4, 0.5) is 0 Å². The van der Waals surface area contributed by atoms with E-state index in [0.717, 1.165) is 38.5 Å². The Morgan fingerprint density at radius 2 is 2.08 bits per heavy atom. The number of carbonyl (C=O) groups is 2. The predicted octanol–water partition coefficient (Wildman–Crippen LogP) is 0.925. The summed E-state index contributed by atoms with van der Waals surface area (Å²) in [6.07, 6.45) is 9.03. The number of ketones is 1. The third-order valence-electron chi connectivity index (χ3n) is 4.79. The summed E-state index contributed by atoms with van der Waals surface area (Å²) in [5.41, 5.74) is 5.60. The molecule has 1 unspecified atom stereocenters. The van der Waals surface area contributed by atoms with Crippen LogP contribution in [0.3, 0.4) is 0 Å². The van der Waals surface area contributed by atoms with Gasteiger partial charge >= 0.3 is 0 Å². The third-order valence-corrected chi connectivity index (χ3v) is 4.79. The minimum Gasteiger partial charge on any atom is -0.346 e. The Kier molecular flexibility index (Phi) is 7.31. The molecule has 1 aromatic rings. The van der Waals surface area contributed by atoms with E-state index < -0.39 is 6.04 Å². The van der Waals surface area contributed by atoms with Gasteiger partial charge in [0.15, 0.2) is 5.78 Å². The van der Waals surface area contributed by atoms with E-state index in [-0.39, 0.29) is 29.7 Å². The molecule has 7 nitrogen and oxygen atoms in total. The lowest BCUT2D eigenvalue weighted by molar-refractivity contribution is -0.130. The van der Waals surface area contributed by atoms with Crippen molar-refractivity contribution in [2.24, 2.45) is 11.7 Å². The third kappa shape index (κ3) is 5.49. The molecule has 138 valence electrons. The van der Waals surface area contributed by atoms with Crippen LogP contribution >= 0.6 is 0 Å². The summed E-state index contributed by atoms with van der Waals surface area (Å²) in [6, 6.07) is -0.569. The molecule has 25 heavy (non-hydrogen) atoms. The molecule has 0 radical (unpaired) electrons. The van der Waals surface area contributed by atoms with Gasteiger partial charge in [0.1, 0.15) is 5.69 Å². The van der Waals surface area contributed by atoms with E-state index >= 15 is 0 Å². The zero-order valence-electron chi connectivity index (χ0n) is 14.9. The summed E-state index contributed by atoms with van der Waals surface area (Å²) in [6.45, 7) is 2.12. The van der Waals surface area contributed by atoms with Crippen molar-refractivity contribution in [3.63, 3.8) is 0 Å². The molecule has 0 aromatic carbocycles. The van der Waals surface area contributed by atoms with Crippen LogP contribution in [-0.2, 0) is 16.1 Å². The Hall–Kier alpha value is -2.02. The van der Waals surface area contributed by atoms with Crippen molar-refractivity contribution in [3.8, 4) is 0 Å². The van der Waals surface area contributed by atoms with Crippen LogP contribution in [0.2, 0.25) is 0 Å². The Morgan fingerprint density at radius 1 is 1.36 bits per heavy atom. The lowest BCUT2D eigenvalue weighted by Crippen LogP contribution is -2.45. The molecular formula is C18H28N4O3. The first-order valence-electron chi connectivity index (χ1n) is 9.08. The van der Waals surface area contributed by atoms with Gasteiger partial charge in [0.2, 0.25) is 5.91 Å². The average molecular weight is 348 g/mol. The highest BCUT2D eigenvalue weighted by Gasteiger charge is 2.27. The molecular weight excluding hydrogens is 320 g/mol.